The molecule has 0 bridgehead atoms. The molecule has 7 nitrogen and oxygen atoms in total. The van der Waals surface area contributed by atoms with Gasteiger partial charge in [0.15, 0.2) is 0 Å². The molecule has 3 aromatic rings. The lowest BCUT2D eigenvalue weighted by molar-refractivity contribution is 0.502. The zero-order valence-corrected chi connectivity index (χ0v) is 13.0. The molecular formula is C13H12N4O3S2. The van der Waals surface area contributed by atoms with E-state index in [1.165, 1.54) is 11.3 Å². The Morgan fingerprint density at radius 2 is 2.14 bits per heavy atom. The summed E-state index contributed by atoms with van der Waals surface area (Å²) in [6.07, 6.45) is 3.59. The molecule has 3 rings (SSSR count). The highest BCUT2D eigenvalue weighted by molar-refractivity contribution is 7.91. The van der Waals surface area contributed by atoms with Crippen molar-refractivity contribution < 1.29 is 12.8 Å². The first-order chi connectivity index (χ1) is 10.6. The van der Waals surface area contributed by atoms with Crippen molar-refractivity contribution in [3.63, 3.8) is 0 Å². The Balaban J connectivity index is 1.60. The molecule has 0 fully saturated rings. The third-order valence-electron chi connectivity index (χ3n) is 2.77. The van der Waals surface area contributed by atoms with Gasteiger partial charge in [-0.2, -0.15) is 0 Å². The molecule has 3 heterocycles. The van der Waals surface area contributed by atoms with Crippen LogP contribution in [-0.2, 0) is 16.4 Å². The maximum atomic E-state index is 11.9. The molecule has 0 aliphatic carbocycles. The Labute approximate surface area is 131 Å². The molecule has 0 saturated carbocycles. The van der Waals surface area contributed by atoms with Crippen molar-refractivity contribution in [2.75, 3.05) is 6.54 Å². The minimum Gasteiger partial charge on any atom is -0.421 e. The molecule has 9 heteroatoms. The maximum absolute atomic E-state index is 11.9. The summed E-state index contributed by atoms with van der Waals surface area (Å²) in [7, 11) is -3.46. The summed E-state index contributed by atoms with van der Waals surface area (Å²) in [5.74, 6) is 0.733. The molecule has 0 saturated heterocycles. The van der Waals surface area contributed by atoms with Crippen LogP contribution in [0.1, 0.15) is 5.89 Å². The smallest absolute Gasteiger partial charge is 0.250 e. The topological polar surface area (TPSA) is 98.0 Å². The van der Waals surface area contributed by atoms with Crippen molar-refractivity contribution in [3.05, 3.63) is 47.9 Å². The van der Waals surface area contributed by atoms with Crippen molar-refractivity contribution in [2.45, 2.75) is 10.6 Å². The molecule has 3 aromatic heterocycles. The van der Waals surface area contributed by atoms with E-state index in [0.717, 1.165) is 5.56 Å². The lowest BCUT2D eigenvalue weighted by Crippen LogP contribution is -2.25. The maximum Gasteiger partial charge on any atom is 0.250 e. The third-order valence-corrected chi connectivity index (χ3v) is 5.62. The van der Waals surface area contributed by atoms with Crippen LogP contribution in [0.25, 0.3) is 11.5 Å². The normalized spacial score (nSPS) is 11.6. The molecule has 0 aliphatic rings. The molecule has 0 unspecified atom stereocenters. The zero-order chi connectivity index (χ0) is 15.4. The second kappa shape index (κ2) is 6.34. The SMILES string of the molecule is O=S(=O)(NCCc1nnc(-c2cccnc2)o1)c1cccs1. The molecule has 0 radical (unpaired) electrons. The Hall–Kier alpha value is -2.10. The summed E-state index contributed by atoms with van der Waals surface area (Å²) < 4.78 is 32.1. The number of sulfonamides is 1. The van der Waals surface area contributed by atoms with E-state index in [2.05, 4.69) is 19.9 Å². The van der Waals surface area contributed by atoms with Gasteiger partial charge < -0.3 is 4.42 Å². The van der Waals surface area contributed by atoms with E-state index < -0.39 is 10.0 Å². The highest BCUT2D eigenvalue weighted by atomic mass is 32.2. The van der Waals surface area contributed by atoms with Gasteiger partial charge in [-0.05, 0) is 23.6 Å². The Morgan fingerprint density at radius 3 is 2.86 bits per heavy atom. The van der Waals surface area contributed by atoms with Gasteiger partial charge in [0.05, 0.1) is 5.56 Å². The van der Waals surface area contributed by atoms with Gasteiger partial charge in [-0.1, -0.05) is 6.07 Å². The van der Waals surface area contributed by atoms with E-state index >= 15 is 0 Å². The van der Waals surface area contributed by atoms with Crippen molar-refractivity contribution in [3.8, 4) is 11.5 Å². The third kappa shape index (κ3) is 3.38. The van der Waals surface area contributed by atoms with Gasteiger partial charge in [0.2, 0.25) is 21.8 Å². The summed E-state index contributed by atoms with van der Waals surface area (Å²) in [4.78, 5) is 3.97. The number of aromatic nitrogens is 3. The lowest BCUT2D eigenvalue weighted by Gasteiger charge is -2.02. The average Bonchev–Trinajstić information content (AvgIpc) is 3.20. The molecule has 0 aromatic carbocycles. The van der Waals surface area contributed by atoms with E-state index in [1.807, 2.05) is 6.07 Å². The summed E-state index contributed by atoms with van der Waals surface area (Å²) in [5.41, 5.74) is 0.723. The van der Waals surface area contributed by atoms with Crippen LogP contribution < -0.4 is 4.72 Å². The largest absolute Gasteiger partial charge is 0.421 e. The number of nitrogens with zero attached hydrogens (tertiary/aromatic N) is 3. The first-order valence-corrected chi connectivity index (χ1v) is 8.77. The predicted octanol–water partition coefficient (Wildman–Crippen LogP) is 1.71. The molecule has 0 amide bonds. The van der Waals surface area contributed by atoms with Crippen molar-refractivity contribution in [1.82, 2.24) is 19.9 Å². The van der Waals surface area contributed by atoms with Crippen molar-refractivity contribution >= 4 is 21.4 Å². The van der Waals surface area contributed by atoms with E-state index in [4.69, 9.17) is 4.42 Å². The van der Waals surface area contributed by atoms with Crippen LogP contribution in [0.2, 0.25) is 0 Å². The van der Waals surface area contributed by atoms with Gasteiger partial charge in [0.1, 0.15) is 4.21 Å². The van der Waals surface area contributed by atoms with Crippen LogP contribution in [0.3, 0.4) is 0 Å². The van der Waals surface area contributed by atoms with Crippen LogP contribution in [0.5, 0.6) is 0 Å². The quantitative estimate of drug-likeness (QED) is 0.736. The predicted molar refractivity (Wildman–Crippen MR) is 80.7 cm³/mol. The minimum atomic E-state index is -3.46. The van der Waals surface area contributed by atoms with E-state index in [-0.39, 0.29) is 10.8 Å². The second-order valence-electron chi connectivity index (χ2n) is 4.32. The standard InChI is InChI=1S/C13H12N4O3S2/c18-22(19,12-4-2-8-21-12)15-7-5-11-16-17-13(20-11)10-3-1-6-14-9-10/h1-4,6,8-9,15H,5,7H2. The summed E-state index contributed by atoms with van der Waals surface area (Å²) in [5, 5.41) is 9.53. The highest BCUT2D eigenvalue weighted by Gasteiger charge is 2.15. The zero-order valence-electron chi connectivity index (χ0n) is 11.3. The number of thiophene rings is 1. The van der Waals surface area contributed by atoms with Crippen LogP contribution in [-0.4, -0.2) is 30.1 Å². The number of nitrogens with one attached hydrogen (secondary N) is 1. The van der Waals surface area contributed by atoms with E-state index in [9.17, 15) is 8.42 Å². The second-order valence-corrected chi connectivity index (χ2v) is 7.26. The van der Waals surface area contributed by atoms with Gasteiger partial charge in [-0.25, -0.2) is 13.1 Å². The molecule has 22 heavy (non-hydrogen) atoms. The summed E-state index contributed by atoms with van der Waals surface area (Å²) >= 11 is 1.17. The molecule has 0 atom stereocenters. The van der Waals surface area contributed by atoms with E-state index in [1.54, 1.807) is 36.0 Å². The van der Waals surface area contributed by atoms with Crippen molar-refractivity contribution in [1.29, 1.82) is 0 Å². The Morgan fingerprint density at radius 1 is 1.23 bits per heavy atom. The Bertz CT molecular complexity index is 829. The van der Waals surface area contributed by atoms with Gasteiger partial charge in [-0.15, -0.1) is 21.5 Å². The molecule has 0 spiro atoms. The molecule has 1 N–H and O–H groups in total. The summed E-state index contributed by atoms with van der Waals surface area (Å²) in [6, 6.07) is 6.83. The first kappa shape index (κ1) is 14.8. The molecular weight excluding hydrogens is 324 g/mol. The number of hydrogen-bond donors (Lipinski definition) is 1. The monoisotopic (exact) mass is 336 g/mol. The van der Waals surface area contributed by atoms with E-state index in [0.29, 0.717) is 18.2 Å². The Kier molecular flexibility index (Phi) is 4.27. The van der Waals surface area contributed by atoms with Gasteiger partial charge in [0, 0.05) is 25.4 Å². The van der Waals surface area contributed by atoms with Crippen molar-refractivity contribution in [2.24, 2.45) is 0 Å². The average molecular weight is 336 g/mol. The highest BCUT2D eigenvalue weighted by Crippen LogP contribution is 2.17. The number of hydrogen-bond acceptors (Lipinski definition) is 7. The molecule has 114 valence electrons. The fraction of sp³-hybridized carbons (Fsp3) is 0.154. The van der Waals surface area contributed by atoms with Gasteiger partial charge in [0.25, 0.3) is 0 Å². The fourth-order valence-electron chi connectivity index (χ4n) is 1.74. The van der Waals surface area contributed by atoms with Crippen LogP contribution in [0.15, 0.2) is 50.7 Å². The van der Waals surface area contributed by atoms with Gasteiger partial charge in [-0.3, -0.25) is 4.98 Å². The van der Waals surface area contributed by atoms with Crippen LogP contribution in [0, 0.1) is 0 Å². The van der Waals surface area contributed by atoms with Gasteiger partial charge >= 0.3 is 0 Å². The fourth-order valence-corrected chi connectivity index (χ4v) is 3.81. The number of pyridine rings is 1. The minimum absolute atomic E-state index is 0.189. The summed E-state index contributed by atoms with van der Waals surface area (Å²) in [6.45, 7) is 0.189. The lowest BCUT2D eigenvalue weighted by atomic mass is 10.3. The molecule has 0 aliphatic heterocycles. The number of rotatable bonds is 6. The van der Waals surface area contributed by atoms with Crippen LogP contribution in [0.4, 0.5) is 0 Å². The first-order valence-electron chi connectivity index (χ1n) is 6.41. The van der Waals surface area contributed by atoms with Crippen LogP contribution >= 0.6 is 11.3 Å².